The number of nitrogens with two attached hydrogens (primary N) is 1. The zero-order valence-electron chi connectivity index (χ0n) is 36.0. The molecule has 4 nitrogen and oxygen atoms in total. The summed E-state index contributed by atoms with van der Waals surface area (Å²) in [7, 11) is 0. The second kappa shape index (κ2) is 18.1. The number of primary amides is 1. The summed E-state index contributed by atoms with van der Waals surface area (Å²) in [6, 6.07) is 18.9. The predicted octanol–water partition coefficient (Wildman–Crippen LogP) is 12.0. The molecule has 4 heteroatoms. The topological polar surface area (TPSA) is 49.6 Å². The zero-order chi connectivity index (χ0) is 39.1. The van der Waals surface area contributed by atoms with Crippen LogP contribution in [0.1, 0.15) is 142 Å². The number of carbonyl (C=O) groups excluding carboxylic acids is 1. The molecule has 1 amide bonds. The van der Waals surface area contributed by atoms with Gasteiger partial charge in [0.05, 0.1) is 0 Å². The van der Waals surface area contributed by atoms with Gasteiger partial charge in [-0.2, -0.15) is 0 Å². The van der Waals surface area contributed by atoms with Crippen LogP contribution in [0.5, 0.6) is 0 Å². The number of amides is 1. The van der Waals surface area contributed by atoms with E-state index in [1.165, 1.54) is 100 Å². The largest absolute Gasteiger partial charge is 0.372 e. The van der Waals surface area contributed by atoms with Crippen LogP contribution in [0.15, 0.2) is 61.2 Å². The highest BCUT2D eigenvalue weighted by Crippen LogP contribution is 2.73. The summed E-state index contributed by atoms with van der Waals surface area (Å²) in [6.07, 6.45) is 21.3. The molecule has 8 rings (SSSR count). The number of hydrogen-bond donors (Lipinski definition) is 1. The van der Waals surface area contributed by atoms with Crippen LogP contribution in [0.2, 0.25) is 0 Å². The Morgan fingerprint density at radius 2 is 1.44 bits per heavy atom. The van der Waals surface area contributed by atoms with Gasteiger partial charge in [-0.3, -0.25) is 9.69 Å². The Balaban J connectivity index is 0.000000650. The maximum atomic E-state index is 8.58. The van der Waals surface area contributed by atoms with Crippen molar-refractivity contribution >= 4 is 12.1 Å². The standard InChI is InChI=1S/C44H64N2.C3H6.C2H6.CH3NO/c1-32-10-6-12-34(28-32)31-45-24-26-46(27-25-45)35-13-7-11-33(29-35)30-44-21-8-14-38(44)36-15-16-40-42(4,37(36)17-23-44)22-18-39-41(2,3)19-9-20-43(39,40)5;1-3-2;1-2;2-1-3/h6-7,10-13,28-29,36-40H,8-9,14-27,30-31H2,1-5H3;3H,1H2,2H3;1-2H3;1H,(H2,2,3). The number of allylic oxidation sites excluding steroid dienone is 1. The number of aryl methyl sites for hydroxylation is 1. The van der Waals surface area contributed by atoms with Crippen LogP contribution in [-0.2, 0) is 17.8 Å². The Bertz CT molecular complexity index is 1500. The van der Waals surface area contributed by atoms with Crippen molar-refractivity contribution in [1.82, 2.24) is 4.90 Å². The van der Waals surface area contributed by atoms with Crippen molar-refractivity contribution in [1.29, 1.82) is 0 Å². The average Bonchev–Trinajstić information content (AvgIpc) is 3.57. The molecule has 2 N–H and O–H groups in total. The number of piperazine rings is 1. The summed E-state index contributed by atoms with van der Waals surface area (Å²) in [6.45, 7) is 28.0. The Morgan fingerprint density at radius 3 is 2.15 bits per heavy atom. The second-order valence-electron chi connectivity index (χ2n) is 19.4. The molecule has 0 bridgehead atoms. The summed E-state index contributed by atoms with van der Waals surface area (Å²) >= 11 is 0. The van der Waals surface area contributed by atoms with Gasteiger partial charge in [0.25, 0.3) is 0 Å². The fourth-order valence-electron chi connectivity index (χ4n) is 14.3. The highest BCUT2D eigenvalue weighted by molar-refractivity contribution is 5.49. The molecule has 0 spiro atoms. The molecule has 54 heavy (non-hydrogen) atoms. The molecule has 8 unspecified atom stereocenters. The molecule has 5 saturated carbocycles. The van der Waals surface area contributed by atoms with E-state index in [0.29, 0.717) is 21.7 Å². The molecule has 5 aliphatic carbocycles. The number of carbonyl (C=O) groups is 1. The minimum atomic E-state index is 0.250. The predicted molar refractivity (Wildman–Crippen MR) is 232 cm³/mol. The van der Waals surface area contributed by atoms with Crippen LogP contribution < -0.4 is 10.6 Å². The van der Waals surface area contributed by atoms with Gasteiger partial charge in [-0.1, -0.05) is 102 Å². The van der Waals surface area contributed by atoms with Crippen LogP contribution in [0.25, 0.3) is 0 Å². The smallest absolute Gasteiger partial charge is 0.204 e. The van der Waals surface area contributed by atoms with E-state index in [4.69, 9.17) is 4.79 Å². The summed E-state index contributed by atoms with van der Waals surface area (Å²) in [5.74, 6) is 4.83. The van der Waals surface area contributed by atoms with Crippen molar-refractivity contribution in [2.75, 3.05) is 31.1 Å². The van der Waals surface area contributed by atoms with E-state index >= 15 is 0 Å². The van der Waals surface area contributed by atoms with Gasteiger partial charge in [-0.15, -0.1) is 6.58 Å². The molecule has 1 heterocycles. The fourth-order valence-corrected chi connectivity index (χ4v) is 14.3. The first-order valence-corrected chi connectivity index (χ1v) is 22.3. The minimum absolute atomic E-state index is 0.250. The Hall–Kier alpha value is -2.59. The molecular weight excluding hydrogens is 659 g/mol. The molecular formula is C50H79N3O. The first-order valence-electron chi connectivity index (χ1n) is 22.3. The van der Waals surface area contributed by atoms with Crippen LogP contribution in [0, 0.1) is 58.2 Å². The highest BCUT2D eigenvalue weighted by Gasteiger charge is 2.65. The van der Waals surface area contributed by atoms with Gasteiger partial charge >= 0.3 is 0 Å². The van der Waals surface area contributed by atoms with Crippen molar-refractivity contribution in [2.45, 2.75) is 145 Å². The van der Waals surface area contributed by atoms with E-state index in [2.05, 4.69) is 105 Å². The van der Waals surface area contributed by atoms with Gasteiger partial charge in [0.15, 0.2) is 0 Å². The van der Waals surface area contributed by atoms with Gasteiger partial charge in [0.2, 0.25) is 6.41 Å². The van der Waals surface area contributed by atoms with E-state index in [1.807, 2.05) is 20.8 Å². The lowest BCUT2D eigenvalue weighted by Crippen LogP contribution is -2.61. The van der Waals surface area contributed by atoms with Crippen LogP contribution >= 0.6 is 0 Å². The summed E-state index contributed by atoms with van der Waals surface area (Å²) in [5, 5.41) is 0. The lowest BCUT2D eigenvalue weighted by molar-refractivity contribution is -0.195. The van der Waals surface area contributed by atoms with Gasteiger partial charge in [0.1, 0.15) is 0 Å². The Morgan fingerprint density at radius 1 is 0.759 bits per heavy atom. The van der Waals surface area contributed by atoms with Crippen molar-refractivity contribution in [3.05, 3.63) is 77.9 Å². The van der Waals surface area contributed by atoms with Crippen LogP contribution in [0.3, 0.4) is 0 Å². The first-order chi connectivity index (χ1) is 25.9. The van der Waals surface area contributed by atoms with Crippen molar-refractivity contribution in [2.24, 2.45) is 57.0 Å². The maximum absolute atomic E-state index is 8.58. The third-order valence-electron chi connectivity index (χ3n) is 16.1. The Kier molecular flexibility index (Phi) is 14.3. The van der Waals surface area contributed by atoms with E-state index in [1.54, 1.807) is 11.6 Å². The quantitative estimate of drug-likeness (QED) is 0.246. The molecule has 8 atom stereocenters. The SMILES string of the molecule is C=CC.CC.Cc1cccc(CN2CCN(c3cccc(CC45CCCC4C4CCC6C(C)(CCC7C(C)(C)CCCC76C)C4CC5)c3)CC2)c1.NC=O. The van der Waals surface area contributed by atoms with E-state index in [9.17, 15) is 0 Å². The normalized spacial score (nSPS) is 35.0. The van der Waals surface area contributed by atoms with Crippen LogP contribution in [0.4, 0.5) is 5.69 Å². The number of hydrogen-bond acceptors (Lipinski definition) is 3. The Labute approximate surface area is 332 Å². The first kappa shape index (κ1) is 42.6. The molecule has 2 aromatic carbocycles. The second-order valence-corrected chi connectivity index (χ2v) is 19.4. The van der Waals surface area contributed by atoms with Gasteiger partial charge in [0, 0.05) is 38.4 Å². The molecule has 2 aromatic rings. The third kappa shape index (κ3) is 8.54. The number of nitrogens with zero attached hydrogens (tertiary/aromatic N) is 2. The summed E-state index contributed by atoms with van der Waals surface area (Å²) in [4.78, 5) is 13.9. The number of fused-ring (bicyclic) bond motifs is 7. The maximum Gasteiger partial charge on any atom is 0.204 e. The minimum Gasteiger partial charge on any atom is -0.372 e. The highest BCUT2D eigenvalue weighted by atomic mass is 16.1. The average molecular weight is 738 g/mol. The molecule has 1 saturated heterocycles. The number of anilines is 1. The lowest BCUT2D eigenvalue weighted by atomic mass is 9.36. The van der Waals surface area contributed by atoms with Gasteiger partial charge in [-0.05, 0) is 159 Å². The number of benzene rings is 2. The van der Waals surface area contributed by atoms with E-state index < -0.39 is 0 Å². The molecule has 1 aliphatic heterocycles. The van der Waals surface area contributed by atoms with Crippen molar-refractivity contribution < 1.29 is 4.79 Å². The van der Waals surface area contributed by atoms with Gasteiger partial charge < -0.3 is 10.6 Å². The fraction of sp³-hybridized carbons (Fsp3) is 0.700. The molecule has 0 aromatic heterocycles. The lowest BCUT2D eigenvalue weighted by Gasteiger charge is -2.68. The molecule has 6 aliphatic rings. The molecule has 6 fully saturated rings. The zero-order valence-corrected chi connectivity index (χ0v) is 36.0. The summed E-state index contributed by atoms with van der Waals surface area (Å²) < 4.78 is 0. The van der Waals surface area contributed by atoms with Gasteiger partial charge in [-0.25, -0.2) is 0 Å². The van der Waals surface area contributed by atoms with E-state index in [-0.39, 0.29) is 6.41 Å². The van der Waals surface area contributed by atoms with Crippen LogP contribution in [-0.4, -0.2) is 37.5 Å². The molecule has 300 valence electrons. The van der Waals surface area contributed by atoms with E-state index in [0.717, 1.165) is 62.3 Å². The molecule has 0 radical (unpaired) electrons. The van der Waals surface area contributed by atoms with Crippen molar-refractivity contribution in [3.63, 3.8) is 0 Å². The van der Waals surface area contributed by atoms with Crippen molar-refractivity contribution in [3.8, 4) is 0 Å². The third-order valence-corrected chi connectivity index (χ3v) is 16.1. The number of rotatable bonds is 5. The monoisotopic (exact) mass is 738 g/mol. The summed E-state index contributed by atoms with van der Waals surface area (Å²) in [5.41, 5.74) is 12.4.